The van der Waals surface area contributed by atoms with E-state index in [1.165, 1.54) is 0 Å². The van der Waals surface area contributed by atoms with Gasteiger partial charge in [-0.1, -0.05) is 6.92 Å². The summed E-state index contributed by atoms with van der Waals surface area (Å²) < 4.78 is 24.1. The van der Waals surface area contributed by atoms with E-state index >= 15 is 0 Å². The minimum Gasteiger partial charge on any atom is -0.274 e. The molecule has 1 aliphatic carbocycles. The molecule has 0 unspecified atom stereocenters. The minimum atomic E-state index is -3.30. The predicted molar refractivity (Wildman–Crippen MR) is 40.4 cm³/mol. The van der Waals surface area contributed by atoms with E-state index < -0.39 is 15.9 Å². The third-order valence-corrected chi connectivity index (χ3v) is 3.40. The lowest BCUT2D eigenvalue weighted by Crippen LogP contribution is -2.32. The molecule has 1 amide bonds. The van der Waals surface area contributed by atoms with Crippen LogP contribution in [0.1, 0.15) is 26.2 Å². The van der Waals surface area contributed by atoms with Gasteiger partial charge in [0.05, 0.1) is 5.25 Å². The molecule has 5 heteroatoms. The Morgan fingerprint density at radius 1 is 1.55 bits per heavy atom. The van der Waals surface area contributed by atoms with Crippen molar-refractivity contribution in [2.75, 3.05) is 0 Å². The maximum Gasteiger partial charge on any atom is 0.237 e. The zero-order valence-electron chi connectivity index (χ0n) is 6.33. The molecular weight excluding hydrogens is 166 g/mol. The summed E-state index contributed by atoms with van der Waals surface area (Å²) in [7, 11) is -3.30. The first-order chi connectivity index (χ1) is 5.06. The van der Waals surface area contributed by atoms with Gasteiger partial charge in [0.2, 0.25) is 15.9 Å². The summed E-state index contributed by atoms with van der Waals surface area (Å²) in [4.78, 5) is 10.7. The zero-order valence-corrected chi connectivity index (χ0v) is 7.15. The summed E-state index contributed by atoms with van der Waals surface area (Å²) in [6, 6.07) is 0. The Kier molecular flexibility index (Phi) is 2.17. The Balaban J connectivity index is 2.53. The van der Waals surface area contributed by atoms with E-state index in [-0.39, 0.29) is 11.7 Å². The van der Waals surface area contributed by atoms with Crippen LogP contribution >= 0.6 is 0 Å². The van der Waals surface area contributed by atoms with Crippen LogP contribution in [-0.2, 0) is 14.8 Å². The van der Waals surface area contributed by atoms with Gasteiger partial charge in [0.1, 0.15) is 0 Å². The number of hydrogen-bond acceptors (Lipinski definition) is 3. The quantitative estimate of drug-likeness (QED) is 0.660. The molecule has 1 rings (SSSR count). The van der Waals surface area contributed by atoms with Gasteiger partial charge >= 0.3 is 0 Å². The number of nitrogens with one attached hydrogen (secondary N) is 1. The van der Waals surface area contributed by atoms with Gasteiger partial charge in [-0.2, -0.15) is 0 Å². The molecule has 4 nitrogen and oxygen atoms in total. The molecule has 1 N–H and O–H groups in total. The van der Waals surface area contributed by atoms with E-state index in [2.05, 4.69) is 0 Å². The first-order valence-corrected chi connectivity index (χ1v) is 5.15. The molecule has 0 aliphatic heterocycles. The second kappa shape index (κ2) is 2.81. The van der Waals surface area contributed by atoms with Crippen LogP contribution in [0, 0.1) is 0 Å². The fraction of sp³-hybridized carbons (Fsp3) is 0.833. The lowest BCUT2D eigenvalue weighted by Gasteiger charge is -2.02. The van der Waals surface area contributed by atoms with Gasteiger partial charge in [0.25, 0.3) is 0 Å². The van der Waals surface area contributed by atoms with Crippen molar-refractivity contribution in [1.29, 1.82) is 0 Å². The van der Waals surface area contributed by atoms with Crippen molar-refractivity contribution in [1.82, 2.24) is 4.72 Å². The molecule has 0 atom stereocenters. The van der Waals surface area contributed by atoms with Gasteiger partial charge in [-0.15, -0.1) is 0 Å². The average Bonchev–Trinajstić information content (AvgIpc) is 2.66. The highest BCUT2D eigenvalue weighted by Crippen LogP contribution is 2.27. The van der Waals surface area contributed by atoms with Gasteiger partial charge in [-0.25, -0.2) is 8.42 Å². The van der Waals surface area contributed by atoms with E-state index in [1.807, 2.05) is 4.72 Å². The van der Waals surface area contributed by atoms with Crippen LogP contribution in [0.5, 0.6) is 0 Å². The van der Waals surface area contributed by atoms with Crippen LogP contribution in [0.4, 0.5) is 0 Å². The van der Waals surface area contributed by atoms with Crippen LogP contribution in [0.2, 0.25) is 0 Å². The molecule has 0 radical (unpaired) electrons. The molecule has 64 valence electrons. The maximum atomic E-state index is 11.0. The second-order valence-corrected chi connectivity index (χ2v) is 4.58. The van der Waals surface area contributed by atoms with Gasteiger partial charge in [0, 0.05) is 6.42 Å². The van der Waals surface area contributed by atoms with E-state index in [4.69, 9.17) is 0 Å². The van der Waals surface area contributed by atoms with Gasteiger partial charge < -0.3 is 0 Å². The second-order valence-electron chi connectivity index (χ2n) is 2.62. The molecule has 1 aliphatic rings. The van der Waals surface area contributed by atoms with Gasteiger partial charge in [-0.3, -0.25) is 9.52 Å². The summed E-state index contributed by atoms with van der Waals surface area (Å²) in [6.07, 6.45) is 1.59. The Morgan fingerprint density at radius 2 is 2.09 bits per heavy atom. The Hall–Kier alpha value is -0.580. The standard InChI is InChI=1S/C6H11NO3S/c1-2-6(8)7-11(9,10)5-3-4-5/h5H,2-4H2,1H3,(H,7,8). The number of sulfonamides is 1. The molecule has 1 fully saturated rings. The summed E-state index contributed by atoms with van der Waals surface area (Å²) in [5, 5.41) is -0.307. The van der Waals surface area contributed by atoms with Crippen molar-refractivity contribution in [2.24, 2.45) is 0 Å². The first kappa shape index (κ1) is 8.52. The highest BCUT2D eigenvalue weighted by Gasteiger charge is 2.36. The van der Waals surface area contributed by atoms with Crippen LogP contribution < -0.4 is 4.72 Å². The number of carbonyl (C=O) groups excluding carboxylic acids is 1. The molecule has 0 spiro atoms. The Bertz CT molecular complexity index is 253. The molecular formula is C6H11NO3S. The molecule has 0 bridgehead atoms. The first-order valence-electron chi connectivity index (χ1n) is 3.60. The van der Waals surface area contributed by atoms with Crippen molar-refractivity contribution in [2.45, 2.75) is 31.4 Å². The predicted octanol–water partition coefficient (Wildman–Crippen LogP) is 0.00480. The minimum absolute atomic E-state index is 0.214. The molecule has 0 aromatic heterocycles. The normalized spacial score (nSPS) is 17.9. The topological polar surface area (TPSA) is 63.2 Å². The number of rotatable bonds is 3. The smallest absolute Gasteiger partial charge is 0.237 e. The summed E-state index contributed by atoms with van der Waals surface area (Å²) >= 11 is 0. The summed E-state index contributed by atoms with van der Waals surface area (Å²) in [6.45, 7) is 1.62. The van der Waals surface area contributed by atoms with Crippen molar-refractivity contribution in [3.63, 3.8) is 0 Å². The lowest BCUT2D eigenvalue weighted by molar-refractivity contribution is -0.119. The summed E-state index contributed by atoms with van der Waals surface area (Å²) in [5.41, 5.74) is 0. The Labute approximate surface area is 66.0 Å². The molecule has 0 aromatic carbocycles. The molecule has 0 saturated heterocycles. The van der Waals surface area contributed by atoms with Crippen molar-refractivity contribution in [3.05, 3.63) is 0 Å². The molecule has 0 aromatic rings. The van der Waals surface area contributed by atoms with E-state index in [9.17, 15) is 13.2 Å². The van der Waals surface area contributed by atoms with Gasteiger partial charge in [0.15, 0.2) is 0 Å². The molecule has 0 heterocycles. The van der Waals surface area contributed by atoms with Crippen molar-refractivity contribution < 1.29 is 13.2 Å². The number of amides is 1. The maximum absolute atomic E-state index is 11.0. The third kappa shape index (κ3) is 2.18. The SMILES string of the molecule is CCC(=O)NS(=O)(=O)C1CC1. The van der Waals surface area contributed by atoms with Crippen molar-refractivity contribution in [3.8, 4) is 0 Å². The third-order valence-electron chi connectivity index (χ3n) is 1.54. The monoisotopic (exact) mass is 177 g/mol. The van der Waals surface area contributed by atoms with E-state index in [1.54, 1.807) is 6.92 Å². The van der Waals surface area contributed by atoms with Crippen LogP contribution in [0.15, 0.2) is 0 Å². The highest BCUT2D eigenvalue weighted by atomic mass is 32.2. The van der Waals surface area contributed by atoms with Crippen LogP contribution in [-0.4, -0.2) is 19.6 Å². The van der Waals surface area contributed by atoms with Gasteiger partial charge in [-0.05, 0) is 12.8 Å². The number of carbonyl (C=O) groups is 1. The summed E-state index contributed by atoms with van der Waals surface area (Å²) in [5.74, 6) is -0.420. The fourth-order valence-corrected chi connectivity index (χ4v) is 2.08. The fourth-order valence-electron chi connectivity index (χ4n) is 0.693. The number of hydrogen-bond donors (Lipinski definition) is 1. The Morgan fingerprint density at radius 3 is 2.45 bits per heavy atom. The molecule has 11 heavy (non-hydrogen) atoms. The van der Waals surface area contributed by atoms with Crippen LogP contribution in [0.25, 0.3) is 0 Å². The largest absolute Gasteiger partial charge is 0.274 e. The highest BCUT2D eigenvalue weighted by molar-refractivity contribution is 7.90. The van der Waals surface area contributed by atoms with E-state index in [0.717, 1.165) is 0 Å². The van der Waals surface area contributed by atoms with Crippen molar-refractivity contribution >= 4 is 15.9 Å². The lowest BCUT2D eigenvalue weighted by atomic mass is 10.5. The zero-order chi connectivity index (χ0) is 8.48. The average molecular weight is 177 g/mol. The molecule has 1 saturated carbocycles. The van der Waals surface area contributed by atoms with E-state index in [0.29, 0.717) is 12.8 Å². The van der Waals surface area contributed by atoms with Crippen LogP contribution in [0.3, 0.4) is 0 Å².